The maximum atomic E-state index is 12.2. The number of halogens is 1. The van der Waals surface area contributed by atoms with Crippen molar-refractivity contribution < 1.29 is 37.4 Å². The Morgan fingerprint density at radius 2 is 2.14 bits per heavy atom. The number of aryl methyl sites for hydroxylation is 1. The predicted octanol–water partition coefficient (Wildman–Crippen LogP) is 4.10. The molecule has 0 aliphatic heterocycles. The van der Waals surface area contributed by atoms with E-state index in [2.05, 4.69) is 22.0 Å². The zero-order valence-corrected chi connectivity index (χ0v) is 18.1. The molecular formula is C16H17BrNO2SY-. The van der Waals surface area contributed by atoms with Crippen LogP contribution < -0.4 is 10.3 Å². The van der Waals surface area contributed by atoms with Crippen LogP contribution in [-0.4, -0.2) is 16.8 Å². The molecule has 1 radical (unpaired) electrons. The van der Waals surface area contributed by atoms with Gasteiger partial charge in [-0.1, -0.05) is 23.7 Å². The number of aromatic nitrogens is 1. The minimum absolute atomic E-state index is 0. The fourth-order valence-electron chi connectivity index (χ4n) is 2.15. The van der Waals surface area contributed by atoms with Crippen LogP contribution in [0.3, 0.4) is 0 Å². The van der Waals surface area contributed by atoms with E-state index in [0.717, 1.165) is 22.6 Å². The Morgan fingerprint density at radius 3 is 2.73 bits per heavy atom. The molecule has 0 aliphatic carbocycles. The summed E-state index contributed by atoms with van der Waals surface area (Å²) in [6.07, 6.45) is 2.00. The van der Waals surface area contributed by atoms with E-state index in [1.54, 1.807) is 22.4 Å². The van der Waals surface area contributed by atoms with Crippen molar-refractivity contribution in [2.45, 2.75) is 20.4 Å². The molecule has 22 heavy (non-hydrogen) atoms. The average molecular weight is 456 g/mol. The fraction of sp³-hybridized carbons (Fsp3) is 0.312. The summed E-state index contributed by atoms with van der Waals surface area (Å²) in [6.45, 7) is 4.58. The van der Waals surface area contributed by atoms with Crippen LogP contribution in [0.5, 0.6) is 5.75 Å². The van der Waals surface area contributed by atoms with Crippen molar-refractivity contribution in [1.29, 1.82) is 0 Å². The number of benzene rings is 1. The molecule has 3 nitrogen and oxygen atoms in total. The van der Waals surface area contributed by atoms with Crippen molar-refractivity contribution in [3.63, 3.8) is 0 Å². The number of thioether (sulfide) groups is 1. The van der Waals surface area contributed by atoms with Gasteiger partial charge in [-0.25, -0.2) is 0 Å². The number of hydrogen-bond donors (Lipinski definition) is 0. The largest absolute Gasteiger partial charge is 0.483 e. The molecule has 0 saturated heterocycles. The van der Waals surface area contributed by atoms with Gasteiger partial charge in [0.15, 0.2) is 0 Å². The number of pyridine rings is 1. The van der Waals surface area contributed by atoms with Crippen LogP contribution in [0.2, 0.25) is 0 Å². The number of nitrogens with zero attached hydrogens (tertiary/aromatic N) is 1. The normalized spacial score (nSPS) is 10.2. The second-order valence-electron chi connectivity index (χ2n) is 4.56. The van der Waals surface area contributed by atoms with Crippen molar-refractivity contribution in [3.8, 4) is 17.0 Å². The quantitative estimate of drug-likeness (QED) is 0.502. The van der Waals surface area contributed by atoms with E-state index in [1.165, 1.54) is 0 Å². The van der Waals surface area contributed by atoms with Gasteiger partial charge < -0.3 is 9.30 Å². The van der Waals surface area contributed by atoms with Crippen LogP contribution >= 0.6 is 27.7 Å². The third kappa shape index (κ3) is 4.47. The summed E-state index contributed by atoms with van der Waals surface area (Å²) in [5.74, 6) is 1.47. The molecule has 1 heterocycles. The van der Waals surface area contributed by atoms with Crippen molar-refractivity contribution in [1.82, 2.24) is 4.57 Å². The monoisotopic (exact) mass is 455 g/mol. The summed E-state index contributed by atoms with van der Waals surface area (Å²) in [5.41, 5.74) is 2.83. The van der Waals surface area contributed by atoms with Gasteiger partial charge in [0.05, 0.1) is 0 Å². The number of ether oxygens (including phenoxy) is 1. The molecular weight excluding hydrogens is 439 g/mol. The van der Waals surface area contributed by atoms with Gasteiger partial charge in [0.2, 0.25) is 5.56 Å². The molecule has 0 saturated carbocycles. The van der Waals surface area contributed by atoms with Gasteiger partial charge in [-0.2, -0.15) is 12.1 Å². The summed E-state index contributed by atoms with van der Waals surface area (Å²) < 4.78 is 7.85. The third-order valence-corrected chi connectivity index (χ3v) is 4.09. The van der Waals surface area contributed by atoms with Gasteiger partial charge in [-0.05, 0) is 29.8 Å². The molecule has 1 aromatic heterocycles. The molecule has 0 amide bonds. The Bertz CT molecular complexity index is 703. The molecule has 115 valence electrons. The standard InChI is InChI=1S/C16H17BrNO2S.Y/c1-4-18-15(8-7-14(17)16(18)19)13-6-5-12(9-11(13)2)20-10-21-3;/h5-7,9H,4,10H2,1-3H3;/q-1;. The van der Waals surface area contributed by atoms with Gasteiger partial charge in [0.25, 0.3) is 0 Å². The first-order valence-electron chi connectivity index (χ1n) is 6.62. The minimum atomic E-state index is -0.0339. The molecule has 6 heteroatoms. The van der Waals surface area contributed by atoms with Crippen LogP contribution in [0.25, 0.3) is 11.3 Å². The van der Waals surface area contributed by atoms with Gasteiger partial charge in [0.1, 0.15) is 11.7 Å². The first-order valence-corrected chi connectivity index (χ1v) is 8.81. The Hall–Kier alpha value is -0.0961. The fourth-order valence-corrected chi connectivity index (χ4v) is 2.73. The topological polar surface area (TPSA) is 31.2 Å². The van der Waals surface area contributed by atoms with Gasteiger partial charge in [-0.15, -0.1) is 33.8 Å². The van der Waals surface area contributed by atoms with Crippen LogP contribution in [0, 0.1) is 13.0 Å². The number of rotatable bonds is 5. The van der Waals surface area contributed by atoms with Gasteiger partial charge >= 0.3 is 0 Å². The molecule has 0 atom stereocenters. The van der Waals surface area contributed by atoms with Crippen molar-refractivity contribution in [2.24, 2.45) is 0 Å². The van der Waals surface area contributed by atoms with E-state index in [9.17, 15) is 4.79 Å². The molecule has 2 rings (SSSR count). The third-order valence-electron chi connectivity index (χ3n) is 3.17. The van der Waals surface area contributed by atoms with Crippen molar-refractivity contribution >= 4 is 27.7 Å². The van der Waals surface area contributed by atoms with E-state index in [4.69, 9.17) is 4.74 Å². The second kappa shape index (κ2) is 9.26. The minimum Gasteiger partial charge on any atom is -0.483 e. The zero-order chi connectivity index (χ0) is 15.4. The molecule has 0 N–H and O–H groups in total. The molecule has 1 aromatic carbocycles. The van der Waals surface area contributed by atoms with Gasteiger partial charge in [-0.3, -0.25) is 4.79 Å². The van der Waals surface area contributed by atoms with E-state index >= 15 is 0 Å². The Kier molecular flexibility index (Phi) is 8.40. The molecule has 0 fully saturated rings. The molecule has 0 bridgehead atoms. The summed E-state index contributed by atoms with van der Waals surface area (Å²) in [4.78, 5) is 12.2. The smallest absolute Gasteiger partial charge is 0.208 e. The van der Waals surface area contributed by atoms with E-state index in [-0.39, 0.29) is 38.3 Å². The molecule has 0 unspecified atom stereocenters. The molecule has 2 aromatic rings. The Labute approximate surface area is 168 Å². The second-order valence-corrected chi connectivity index (χ2v) is 6.23. The first kappa shape index (κ1) is 19.9. The summed E-state index contributed by atoms with van der Waals surface area (Å²) in [6, 6.07) is 10.8. The Balaban J connectivity index is 0.00000242. The summed E-state index contributed by atoms with van der Waals surface area (Å²) in [7, 11) is 0. The van der Waals surface area contributed by atoms with E-state index in [0.29, 0.717) is 17.0 Å². The first-order chi connectivity index (χ1) is 10.1. The summed E-state index contributed by atoms with van der Waals surface area (Å²) in [5, 5.41) is 0. The zero-order valence-electron chi connectivity index (χ0n) is 12.9. The summed E-state index contributed by atoms with van der Waals surface area (Å²) >= 11 is 4.90. The van der Waals surface area contributed by atoms with Crippen LogP contribution in [0.1, 0.15) is 12.5 Å². The van der Waals surface area contributed by atoms with E-state index < -0.39 is 0 Å². The van der Waals surface area contributed by atoms with Crippen LogP contribution in [-0.2, 0) is 39.3 Å². The molecule has 0 aliphatic rings. The maximum Gasteiger partial charge on any atom is 0.208 e. The van der Waals surface area contributed by atoms with Crippen molar-refractivity contribution in [2.75, 3.05) is 12.2 Å². The van der Waals surface area contributed by atoms with Crippen molar-refractivity contribution in [3.05, 3.63) is 50.7 Å². The van der Waals surface area contributed by atoms with E-state index in [1.807, 2.05) is 38.3 Å². The average Bonchev–Trinajstić information content (AvgIpc) is 2.48. The van der Waals surface area contributed by atoms with Crippen LogP contribution in [0.15, 0.2) is 33.5 Å². The molecule has 0 spiro atoms. The SMILES string of the molecule is CCn1c(-c2ccc(OCSC)cc2C)[c-]cc(Br)c1=O.[Y]. The Morgan fingerprint density at radius 1 is 1.41 bits per heavy atom. The number of hydrogen-bond acceptors (Lipinski definition) is 3. The van der Waals surface area contributed by atoms with Gasteiger partial charge in [0, 0.05) is 39.3 Å². The van der Waals surface area contributed by atoms with Crippen LogP contribution in [0.4, 0.5) is 0 Å². The predicted molar refractivity (Wildman–Crippen MR) is 92.1 cm³/mol. The maximum absolute atomic E-state index is 12.2.